The van der Waals surface area contributed by atoms with Crippen molar-refractivity contribution < 1.29 is 4.74 Å². The van der Waals surface area contributed by atoms with E-state index in [-0.39, 0.29) is 11.0 Å². The average molecular weight is 411 g/mol. The van der Waals surface area contributed by atoms with Gasteiger partial charge in [0.15, 0.2) is 5.13 Å². The molecule has 0 unspecified atom stereocenters. The summed E-state index contributed by atoms with van der Waals surface area (Å²) in [7, 11) is 0. The first-order valence-corrected chi connectivity index (χ1v) is 11.9. The lowest BCUT2D eigenvalue weighted by atomic mass is 9.70. The van der Waals surface area contributed by atoms with Gasteiger partial charge >= 0.3 is 0 Å². The molecule has 4 aliphatic rings. The monoisotopic (exact) mass is 410 g/mol. The second kappa shape index (κ2) is 6.77. The van der Waals surface area contributed by atoms with Crippen molar-refractivity contribution in [2.45, 2.75) is 42.8 Å². The van der Waals surface area contributed by atoms with E-state index in [9.17, 15) is 0 Å². The first-order valence-electron chi connectivity index (χ1n) is 11.1. The highest BCUT2D eigenvalue weighted by molar-refractivity contribution is 7.13. The number of ether oxygens (including phenoxy) is 1. The zero-order valence-corrected chi connectivity index (χ0v) is 17.7. The molecule has 0 aliphatic carbocycles. The zero-order valence-electron chi connectivity index (χ0n) is 16.8. The molecule has 1 aromatic carbocycles. The van der Waals surface area contributed by atoms with Crippen molar-refractivity contribution in [3.63, 3.8) is 0 Å². The SMILES string of the molecule is Nc1nc(C2(c3ccccc3)CCN(C[C@@H]3[C@H]4CNC[C@]45CC[C@H]3O5)CC2)cs1. The van der Waals surface area contributed by atoms with Crippen molar-refractivity contribution in [1.82, 2.24) is 15.2 Å². The molecule has 0 saturated carbocycles. The molecule has 6 heteroatoms. The third-order valence-electron chi connectivity index (χ3n) is 8.21. The van der Waals surface area contributed by atoms with E-state index >= 15 is 0 Å². The Labute approximate surface area is 176 Å². The van der Waals surface area contributed by atoms with E-state index in [0.29, 0.717) is 23.1 Å². The van der Waals surface area contributed by atoms with Gasteiger partial charge in [0.05, 0.1) is 17.4 Å². The fourth-order valence-electron chi connectivity index (χ4n) is 6.68. The minimum atomic E-state index is -0.00675. The maximum atomic E-state index is 6.51. The lowest BCUT2D eigenvalue weighted by molar-refractivity contribution is 0.0114. The highest BCUT2D eigenvalue weighted by Gasteiger charge is 2.61. The van der Waals surface area contributed by atoms with Gasteiger partial charge in [0.25, 0.3) is 0 Å². The van der Waals surface area contributed by atoms with Crippen LogP contribution in [0.3, 0.4) is 0 Å². The van der Waals surface area contributed by atoms with Gasteiger partial charge in [-0.1, -0.05) is 30.3 Å². The molecule has 29 heavy (non-hydrogen) atoms. The number of aromatic nitrogens is 1. The molecule has 4 atom stereocenters. The number of thiazole rings is 1. The molecular formula is C23H30N4OS. The van der Waals surface area contributed by atoms with Crippen molar-refractivity contribution >= 4 is 16.5 Å². The largest absolute Gasteiger partial charge is 0.375 e. The summed E-state index contributed by atoms with van der Waals surface area (Å²) >= 11 is 1.57. The Kier molecular flexibility index (Phi) is 4.28. The molecular weight excluding hydrogens is 380 g/mol. The number of fused-ring (bicyclic) bond motifs is 1. The van der Waals surface area contributed by atoms with Crippen LogP contribution in [0, 0.1) is 11.8 Å². The molecule has 2 bridgehead atoms. The lowest BCUT2D eigenvalue weighted by Gasteiger charge is -2.43. The number of anilines is 1. The quantitative estimate of drug-likeness (QED) is 0.812. The van der Waals surface area contributed by atoms with Gasteiger partial charge in [0.2, 0.25) is 0 Å². The summed E-state index contributed by atoms with van der Waals surface area (Å²) in [5.74, 6) is 1.40. The van der Waals surface area contributed by atoms with Crippen molar-refractivity contribution in [1.29, 1.82) is 0 Å². The highest BCUT2D eigenvalue weighted by Crippen LogP contribution is 2.53. The zero-order chi connectivity index (χ0) is 19.5. The van der Waals surface area contributed by atoms with E-state index in [4.69, 9.17) is 15.5 Å². The van der Waals surface area contributed by atoms with Crippen LogP contribution in [0.5, 0.6) is 0 Å². The summed E-state index contributed by atoms with van der Waals surface area (Å²) in [5, 5.41) is 6.46. The van der Waals surface area contributed by atoms with Gasteiger partial charge in [0.1, 0.15) is 0 Å². The number of hydrogen-bond donors (Lipinski definition) is 2. The molecule has 2 aromatic rings. The van der Waals surface area contributed by atoms with Crippen LogP contribution in [0.4, 0.5) is 5.13 Å². The summed E-state index contributed by atoms with van der Waals surface area (Å²) in [6.07, 6.45) is 5.21. The Morgan fingerprint density at radius 3 is 2.79 bits per heavy atom. The van der Waals surface area contributed by atoms with Gasteiger partial charge in [0, 0.05) is 42.3 Å². The molecule has 3 N–H and O–H groups in total. The second-order valence-corrected chi connectivity index (χ2v) is 10.4. The molecule has 1 aromatic heterocycles. The standard InChI is InChI=1S/C23H30N4OS/c24-21-26-20(14-29-21)22(16-4-2-1-3-5-16)8-10-27(11-9-22)13-17-18-12-25-15-23(18)7-6-19(17)28-23/h1-5,14,17-19,25H,6-13,15H2,(H2,24,26)/t17-,18-,19-,23-/m1/s1. The predicted molar refractivity (Wildman–Crippen MR) is 116 cm³/mol. The third kappa shape index (κ3) is 2.80. The van der Waals surface area contributed by atoms with Crippen molar-refractivity contribution in [3.8, 4) is 0 Å². The van der Waals surface area contributed by atoms with E-state index in [0.717, 1.165) is 44.7 Å². The number of likely N-dealkylation sites (tertiary alicyclic amines) is 1. The third-order valence-corrected chi connectivity index (χ3v) is 8.89. The van der Waals surface area contributed by atoms with Gasteiger partial charge < -0.3 is 20.7 Å². The van der Waals surface area contributed by atoms with E-state index < -0.39 is 0 Å². The Hall–Kier alpha value is -1.47. The number of rotatable bonds is 4. The van der Waals surface area contributed by atoms with Gasteiger partial charge in [-0.2, -0.15) is 0 Å². The number of nitrogens with two attached hydrogens (primary N) is 1. The second-order valence-electron chi connectivity index (χ2n) is 9.48. The first kappa shape index (κ1) is 18.3. The number of piperidine rings is 1. The van der Waals surface area contributed by atoms with Crippen LogP contribution in [0.25, 0.3) is 0 Å². The van der Waals surface area contributed by atoms with E-state index in [1.165, 1.54) is 24.9 Å². The first-order chi connectivity index (χ1) is 14.2. The molecule has 4 aliphatic heterocycles. The van der Waals surface area contributed by atoms with Crippen LogP contribution >= 0.6 is 11.3 Å². The molecule has 1 spiro atoms. The summed E-state index contributed by atoms with van der Waals surface area (Å²) in [4.78, 5) is 7.43. The molecule has 0 amide bonds. The fourth-order valence-corrected chi connectivity index (χ4v) is 7.35. The summed E-state index contributed by atoms with van der Waals surface area (Å²) in [6.45, 7) is 5.61. The molecule has 4 fully saturated rings. The number of nitrogens with one attached hydrogen (secondary N) is 1. The van der Waals surface area contributed by atoms with Crippen LogP contribution < -0.4 is 11.1 Å². The normalized spacial score (nSPS) is 35.8. The lowest BCUT2D eigenvalue weighted by Crippen LogP contribution is -2.48. The summed E-state index contributed by atoms with van der Waals surface area (Å²) in [5.41, 5.74) is 8.72. The van der Waals surface area contributed by atoms with E-state index in [2.05, 4.69) is 45.9 Å². The highest BCUT2D eigenvalue weighted by atomic mass is 32.1. The van der Waals surface area contributed by atoms with Crippen LogP contribution in [-0.4, -0.2) is 54.3 Å². The van der Waals surface area contributed by atoms with E-state index in [1.54, 1.807) is 11.3 Å². The molecule has 4 saturated heterocycles. The maximum Gasteiger partial charge on any atom is 0.180 e. The van der Waals surface area contributed by atoms with Crippen LogP contribution in [-0.2, 0) is 10.2 Å². The fraction of sp³-hybridized carbons (Fsp3) is 0.609. The predicted octanol–water partition coefficient (Wildman–Crippen LogP) is 2.87. The number of nitrogens with zero attached hydrogens (tertiary/aromatic N) is 2. The minimum absolute atomic E-state index is 0.00675. The van der Waals surface area contributed by atoms with Crippen molar-refractivity contribution in [2.24, 2.45) is 11.8 Å². The number of benzene rings is 1. The molecule has 0 radical (unpaired) electrons. The van der Waals surface area contributed by atoms with Gasteiger partial charge in [-0.3, -0.25) is 0 Å². The number of hydrogen-bond acceptors (Lipinski definition) is 6. The summed E-state index contributed by atoms with van der Waals surface area (Å²) < 4.78 is 6.51. The van der Waals surface area contributed by atoms with E-state index in [1.807, 2.05) is 0 Å². The van der Waals surface area contributed by atoms with Crippen LogP contribution in [0.15, 0.2) is 35.7 Å². The summed E-state index contributed by atoms with van der Waals surface area (Å²) in [6, 6.07) is 10.9. The Bertz CT molecular complexity index is 874. The average Bonchev–Trinajstić information content (AvgIpc) is 3.52. The van der Waals surface area contributed by atoms with Crippen LogP contribution in [0.1, 0.15) is 36.9 Å². The van der Waals surface area contributed by atoms with Gasteiger partial charge in [-0.05, 0) is 44.3 Å². The van der Waals surface area contributed by atoms with Crippen molar-refractivity contribution in [2.75, 3.05) is 38.5 Å². The molecule has 6 rings (SSSR count). The van der Waals surface area contributed by atoms with Crippen LogP contribution in [0.2, 0.25) is 0 Å². The van der Waals surface area contributed by atoms with Crippen molar-refractivity contribution in [3.05, 3.63) is 47.0 Å². The Balaban J connectivity index is 1.21. The minimum Gasteiger partial charge on any atom is -0.375 e. The maximum absolute atomic E-state index is 6.51. The topological polar surface area (TPSA) is 63.4 Å². The van der Waals surface area contributed by atoms with Gasteiger partial charge in [-0.25, -0.2) is 4.98 Å². The molecule has 154 valence electrons. The van der Waals surface area contributed by atoms with Gasteiger partial charge in [-0.15, -0.1) is 11.3 Å². The molecule has 5 heterocycles. The Morgan fingerprint density at radius 1 is 1.21 bits per heavy atom. The molecule has 5 nitrogen and oxygen atoms in total. The Morgan fingerprint density at radius 2 is 2.03 bits per heavy atom. The smallest absolute Gasteiger partial charge is 0.180 e. The number of nitrogen functional groups attached to an aromatic ring is 1.